The van der Waals surface area contributed by atoms with Gasteiger partial charge in [-0.1, -0.05) is 29.8 Å². The van der Waals surface area contributed by atoms with Gasteiger partial charge >= 0.3 is 6.03 Å². The molecule has 0 saturated carbocycles. The van der Waals surface area contributed by atoms with Crippen molar-refractivity contribution in [1.29, 1.82) is 0 Å². The fourth-order valence-electron chi connectivity index (χ4n) is 1.87. The van der Waals surface area contributed by atoms with Gasteiger partial charge in [-0.15, -0.1) is 0 Å². The Labute approximate surface area is 125 Å². The number of carbonyl (C=O) groups excluding carboxylic acids is 1. The average Bonchev–Trinajstić information content (AvgIpc) is 2.45. The van der Waals surface area contributed by atoms with Crippen LogP contribution in [0.25, 0.3) is 0 Å². The zero-order valence-corrected chi connectivity index (χ0v) is 12.2. The van der Waals surface area contributed by atoms with Gasteiger partial charge in [0.25, 0.3) is 0 Å². The summed E-state index contributed by atoms with van der Waals surface area (Å²) in [4.78, 5) is 11.6. The van der Waals surface area contributed by atoms with Crippen molar-refractivity contribution in [1.82, 2.24) is 5.32 Å². The molecule has 0 fully saturated rings. The third-order valence-corrected chi connectivity index (χ3v) is 4.47. The highest BCUT2D eigenvalue weighted by atomic mass is 32.2. The third-order valence-electron chi connectivity index (χ3n) is 2.93. The highest BCUT2D eigenvalue weighted by molar-refractivity contribution is 7.91. The van der Waals surface area contributed by atoms with Gasteiger partial charge in [0.2, 0.25) is 5.37 Å². The number of hydrogen-bond donors (Lipinski definition) is 2. The number of nitrogens with one attached hydrogen (secondary N) is 1. The zero-order valence-electron chi connectivity index (χ0n) is 11.4. The third kappa shape index (κ3) is 3.74. The van der Waals surface area contributed by atoms with Crippen molar-refractivity contribution in [2.24, 2.45) is 5.73 Å². The molecule has 0 aliphatic rings. The summed E-state index contributed by atoms with van der Waals surface area (Å²) in [5.74, 6) is -0.545. The molecule has 0 aliphatic carbocycles. The largest absolute Gasteiger partial charge is 0.610 e. The molecule has 0 bridgehead atoms. The highest BCUT2D eigenvalue weighted by Gasteiger charge is 2.30. The van der Waals surface area contributed by atoms with Crippen molar-refractivity contribution in [2.45, 2.75) is 17.2 Å². The summed E-state index contributed by atoms with van der Waals surface area (Å²) in [5, 5.41) is 1.31. The first-order valence-electron chi connectivity index (χ1n) is 6.26. The second kappa shape index (κ2) is 6.60. The van der Waals surface area contributed by atoms with Gasteiger partial charge in [-0.3, -0.25) is 5.32 Å². The monoisotopic (exact) mass is 306 g/mol. The molecule has 0 heterocycles. The number of benzene rings is 2. The molecule has 0 aliphatic heterocycles. The normalized spacial score (nSPS) is 13.5. The quantitative estimate of drug-likeness (QED) is 0.852. The van der Waals surface area contributed by atoms with Gasteiger partial charge in [0, 0.05) is 11.2 Å². The number of rotatable bonds is 4. The topological polar surface area (TPSA) is 78.2 Å². The maximum absolute atomic E-state index is 13.9. The van der Waals surface area contributed by atoms with E-state index in [9.17, 15) is 13.7 Å². The molecule has 21 heavy (non-hydrogen) atoms. The van der Waals surface area contributed by atoms with E-state index >= 15 is 0 Å². The maximum atomic E-state index is 13.9. The van der Waals surface area contributed by atoms with E-state index in [1.807, 2.05) is 6.92 Å². The van der Waals surface area contributed by atoms with E-state index < -0.39 is 28.4 Å². The molecule has 0 aromatic heterocycles. The number of halogens is 1. The highest BCUT2D eigenvalue weighted by Crippen LogP contribution is 2.28. The predicted molar refractivity (Wildman–Crippen MR) is 79.4 cm³/mol. The van der Waals surface area contributed by atoms with Crippen molar-refractivity contribution in [2.75, 3.05) is 0 Å². The van der Waals surface area contributed by atoms with Crippen LogP contribution < -0.4 is 11.1 Å². The van der Waals surface area contributed by atoms with E-state index in [0.717, 1.165) is 5.56 Å². The molecule has 2 unspecified atom stereocenters. The van der Waals surface area contributed by atoms with Crippen LogP contribution in [0.3, 0.4) is 0 Å². The number of urea groups is 1. The van der Waals surface area contributed by atoms with Crippen molar-refractivity contribution in [3.05, 3.63) is 65.5 Å². The molecule has 2 aromatic carbocycles. The van der Waals surface area contributed by atoms with Gasteiger partial charge in [-0.2, -0.15) is 0 Å². The minimum absolute atomic E-state index is 0.134. The van der Waals surface area contributed by atoms with Crippen molar-refractivity contribution in [3.8, 4) is 0 Å². The Morgan fingerprint density at radius 1 is 1.24 bits per heavy atom. The minimum atomic E-state index is -1.66. The van der Waals surface area contributed by atoms with Gasteiger partial charge in [0.15, 0.2) is 4.90 Å². The summed E-state index contributed by atoms with van der Waals surface area (Å²) in [6.07, 6.45) is 0. The lowest BCUT2D eigenvalue weighted by Gasteiger charge is -2.22. The Morgan fingerprint density at radius 2 is 1.86 bits per heavy atom. The molecule has 110 valence electrons. The fourth-order valence-corrected chi connectivity index (χ4v) is 3.19. The summed E-state index contributed by atoms with van der Waals surface area (Å²) in [5.41, 5.74) is 6.26. The number of hydrogen-bond acceptors (Lipinski definition) is 2. The van der Waals surface area contributed by atoms with Crippen LogP contribution in [0.2, 0.25) is 0 Å². The number of amides is 2. The van der Waals surface area contributed by atoms with Crippen LogP contribution >= 0.6 is 0 Å². The van der Waals surface area contributed by atoms with Crippen LogP contribution in [0.4, 0.5) is 9.18 Å². The minimum Gasteiger partial charge on any atom is -0.610 e. The van der Waals surface area contributed by atoms with Crippen molar-refractivity contribution >= 4 is 17.2 Å². The Hall–Kier alpha value is -2.05. The van der Waals surface area contributed by atoms with Gasteiger partial charge in [-0.25, -0.2) is 9.18 Å². The molecule has 2 aromatic rings. The predicted octanol–water partition coefficient (Wildman–Crippen LogP) is 2.61. The van der Waals surface area contributed by atoms with Gasteiger partial charge in [0.1, 0.15) is 5.82 Å². The summed E-state index contributed by atoms with van der Waals surface area (Å²) >= 11 is -1.66. The maximum Gasteiger partial charge on any atom is 0.316 e. The van der Waals surface area contributed by atoms with E-state index in [0.29, 0.717) is 4.90 Å². The van der Waals surface area contributed by atoms with E-state index in [-0.39, 0.29) is 5.56 Å². The van der Waals surface area contributed by atoms with E-state index in [2.05, 4.69) is 5.32 Å². The van der Waals surface area contributed by atoms with Crippen LogP contribution in [0.1, 0.15) is 16.5 Å². The van der Waals surface area contributed by atoms with Crippen LogP contribution in [0, 0.1) is 12.7 Å². The molecule has 0 spiro atoms. The van der Waals surface area contributed by atoms with E-state index in [4.69, 9.17) is 5.73 Å². The number of aryl methyl sites for hydroxylation is 1. The first-order chi connectivity index (χ1) is 9.99. The fraction of sp³-hybridized carbons (Fsp3) is 0.133. The summed E-state index contributed by atoms with van der Waals surface area (Å²) in [7, 11) is 0. The van der Waals surface area contributed by atoms with Crippen LogP contribution in [0.5, 0.6) is 0 Å². The molecule has 0 radical (unpaired) electrons. The number of nitrogens with two attached hydrogens (primary N) is 1. The van der Waals surface area contributed by atoms with Crippen LogP contribution in [-0.4, -0.2) is 10.6 Å². The molecular weight excluding hydrogens is 291 g/mol. The molecule has 6 heteroatoms. The molecule has 2 rings (SSSR count). The van der Waals surface area contributed by atoms with E-state index in [1.54, 1.807) is 30.3 Å². The average molecular weight is 306 g/mol. The lowest BCUT2D eigenvalue weighted by Crippen LogP contribution is -2.37. The van der Waals surface area contributed by atoms with Gasteiger partial charge in [-0.05, 0) is 31.2 Å². The Balaban J connectivity index is 2.38. The Morgan fingerprint density at radius 3 is 2.43 bits per heavy atom. The molecule has 0 saturated heterocycles. The lowest BCUT2D eigenvalue weighted by molar-refractivity contribution is 0.247. The first kappa shape index (κ1) is 15.3. The Bertz CT molecular complexity index is 634. The van der Waals surface area contributed by atoms with Gasteiger partial charge in [0.05, 0.1) is 5.56 Å². The van der Waals surface area contributed by atoms with Crippen molar-refractivity contribution in [3.63, 3.8) is 0 Å². The SMILES string of the molecule is Cc1ccc([S+]([O-])C(NC(N)=O)c2ccccc2F)cc1. The molecular formula is C15H15FN2O2S. The summed E-state index contributed by atoms with van der Waals surface area (Å²) in [6, 6.07) is 12.0. The number of carbonyl (C=O) groups is 1. The lowest BCUT2D eigenvalue weighted by atomic mass is 10.2. The van der Waals surface area contributed by atoms with Crippen LogP contribution in [-0.2, 0) is 11.2 Å². The second-order valence-corrected chi connectivity index (χ2v) is 6.06. The zero-order chi connectivity index (χ0) is 15.4. The van der Waals surface area contributed by atoms with Crippen molar-refractivity contribution < 1.29 is 13.7 Å². The molecule has 4 nitrogen and oxygen atoms in total. The molecule has 3 N–H and O–H groups in total. The van der Waals surface area contributed by atoms with E-state index in [1.165, 1.54) is 18.2 Å². The summed E-state index contributed by atoms with van der Waals surface area (Å²) in [6.45, 7) is 1.91. The van der Waals surface area contributed by atoms with Crippen LogP contribution in [0.15, 0.2) is 53.4 Å². The smallest absolute Gasteiger partial charge is 0.316 e. The molecule has 2 atom stereocenters. The first-order valence-corrected chi connectivity index (χ1v) is 7.48. The van der Waals surface area contributed by atoms with Gasteiger partial charge < -0.3 is 10.3 Å². The molecule has 2 amide bonds. The second-order valence-electron chi connectivity index (χ2n) is 4.52. The standard InChI is InChI=1S/C15H15FN2O2S/c1-10-6-8-11(9-7-10)21(20)14(18-15(17)19)12-4-2-3-5-13(12)16/h2-9,14H,1H3,(H3,17,18,19). The number of primary amides is 1. The Kier molecular flexibility index (Phi) is 4.82. The summed E-state index contributed by atoms with van der Waals surface area (Å²) < 4.78 is 26.5.